The highest BCUT2D eigenvalue weighted by Gasteiger charge is 2.51. The molecule has 0 aromatic carbocycles. The number of nitrogens with one attached hydrogen (secondary N) is 1. The lowest BCUT2D eigenvalue weighted by molar-refractivity contribution is -0.130. The number of thiophene rings is 1. The van der Waals surface area contributed by atoms with E-state index in [0.717, 1.165) is 24.9 Å². The monoisotopic (exact) mass is 362 g/mol. The minimum atomic E-state index is -0.101. The summed E-state index contributed by atoms with van der Waals surface area (Å²) < 4.78 is 5.54. The second-order valence-corrected chi connectivity index (χ2v) is 8.58. The Morgan fingerprint density at radius 2 is 2.12 bits per heavy atom. The van der Waals surface area contributed by atoms with Crippen molar-refractivity contribution in [1.29, 1.82) is 0 Å². The molecule has 1 unspecified atom stereocenters. The van der Waals surface area contributed by atoms with Crippen LogP contribution in [0.15, 0.2) is 16.8 Å². The van der Waals surface area contributed by atoms with Crippen molar-refractivity contribution in [3.05, 3.63) is 22.4 Å². The van der Waals surface area contributed by atoms with Gasteiger partial charge in [-0.3, -0.25) is 9.59 Å². The number of ether oxygens (including phenoxy) is 1. The van der Waals surface area contributed by atoms with Crippen molar-refractivity contribution in [2.45, 2.75) is 32.1 Å². The quantitative estimate of drug-likeness (QED) is 0.872. The molecule has 0 bridgehead atoms. The van der Waals surface area contributed by atoms with Gasteiger partial charge in [-0.25, -0.2) is 0 Å². The van der Waals surface area contributed by atoms with Crippen LogP contribution in [0.1, 0.15) is 31.2 Å². The van der Waals surface area contributed by atoms with Crippen LogP contribution in [-0.2, 0) is 20.7 Å². The van der Waals surface area contributed by atoms with Gasteiger partial charge < -0.3 is 15.0 Å². The van der Waals surface area contributed by atoms with Crippen LogP contribution in [0.5, 0.6) is 0 Å². The second-order valence-electron chi connectivity index (χ2n) is 7.80. The molecular formula is C19H26N2O3S. The molecule has 5 nitrogen and oxygen atoms in total. The molecule has 1 saturated carbocycles. The van der Waals surface area contributed by atoms with Gasteiger partial charge in [-0.15, -0.1) is 0 Å². The SMILES string of the molecule is O=C(NCC1CC1)C1CN(C(=O)Cc2ccsc2)CC12CCOCC2. The number of hydrogen-bond acceptors (Lipinski definition) is 4. The van der Waals surface area contributed by atoms with Gasteiger partial charge in [0.05, 0.1) is 12.3 Å². The summed E-state index contributed by atoms with van der Waals surface area (Å²) in [5.74, 6) is 0.857. The minimum Gasteiger partial charge on any atom is -0.381 e. The van der Waals surface area contributed by atoms with Crippen molar-refractivity contribution >= 4 is 23.2 Å². The fourth-order valence-electron chi connectivity index (χ4n) is 4.17. The molecule has 136 valence electrons. The van der Waals surface area contributed by atoms with Crippen molar-refractivity contribution in [2.24, 2.45) is 17.3 Å². The first-order chi connectivity index (χ1) is 12.2. The van der Waals surface area contributed by atoms with Crippen LogP contribution in [0.4, 0.5) is 0 Å². The molecule has 1 aromatic rings. The topological polar surface area (TPSA) is 58.6 Å². The van der Waals surface area contributed by atoms with Crippen LogP contribution >= 0.6 is 11.3 Å². The van der Waals surface area contributed by atoms with Gasteiger partial charge >= 0.3 is 0 Å². The van der Waals surface area contributed by atoms with E-state index >= 15 is 0 Å². The number of amides is 2. The maximum Gasteiger partial charge on any atom is 0.227 e. The van der Waals surface area contributed by atoms with Crippen molar-refractivity contribution in [3.63, 3.8) is 0 Å². The smallest absolute Gasteiger partial charge is 0.227 e. The highest BCUT2D eigenvalue weighted by Crippen LogP contribution is 2.44. The zero-order valence-electron chi connectivity index (χ0n) is 14.5. The number of rotatable bonds is 5. The van der Waals surface area contributed by atoms with Crippen molar-refractivity contribution in [3.8, 4) is 0 Å². The molecule has 1 atom stereocenters. The maximum absolute atomic E-state index is 12.8. The van der Waals surface area contributed by atoms with Crippen LogP contribution < -0.4 is 5.32 Å². The number of carbonyl (C=O) groups is 2. The van der Waals surface area contributed by atoms with Crippen molar-refractivity contribution in [2.75, 3.05) is 32.8 Å². The first kappa shape index (κ1) is 17.0. The van der Waals surface area contributed by atoms with Crippen molar-refractivity contribution in [1.82, 2.24) is 10.2 Å². The van der Waals surface area contributed by atoms with E-state index in [1.807, 2.05) is 21.7 Å². The fraction of sp³-hybridized carbons (Fsp3) is 0.684. The predicted octanol–water partition coefficient (Wildman–Crippen LogP) is 2.07. The molecule has 6 heteroatoms. The number of nitrogens with zero attached hydrogens (tertiary/aromatic N) is 1. The van der Waals surface area contributed by atoms with E-state index in [0.29, 0.717) is 38.6 Å². The number of carbonyl (C=O) groups excluding carboxylic acids is 2. The molecule has 2 saturated heterocycles. The van der Waals surface area contributed by atoms with Gasteiger partial charge in [-0.05, 0) is 54.0 Å². The largest absolute Gasteiger partial charge is 0.381 e. The molecule has 3 fully saturated rings. The summed E-state index contributed by atoms with van der Waals surface area (Å²) in [6, 6.07) is 2.00. The minimum absolute atomic E-state index is 0.0958. The summed E-state index contributed by atoms with van der Waals surface area (Å²) in [7, 11) is 0. The molecule has 25 heavy (non-hydrogen) atoms. The lowest BCUT2D eigenvalue weighted by atomic mass is 9.71. The van der Waals surface area contributed by atoms with Crippen LogP contribution in [0.3, 0.4) is 0 Å². The van der Waals surface area contributed by atoms with Crippen LogP contribution in [0.2, 0.25) is 0 Å². The van der Waals surface area contributed by atoms with E-state index in [-0.39, 0.29) is 23.1 Å². The van der Waals surface area contributed by atoms with Crippen LogP contribution in [0.25, 0.3) is 0 Å². The Labute approximate surface area is 152 Å². The normalized spacial score (nSPS) is 25.3. The molecule has 1 N–H and O–H groups in total. The first-order valence-corrected chi connectivity index (χ1v) is 10.2. The van der Waals surface area contributed by atoms with Crippen LogP contribution in [0, 0.1) is 17.3 Å². The van der Waals surface area contributed by atoms with Gasteiger partial charge in [0.25, 0.3) is 0 Å². The molecule has 0 radical (unpaired) electrons. The Kier molecular flexibility index (Phi) is 4.82. The summed E-state index contributed by atoms with van der Waals surface area (Å²) in [6.07, 6.45) is 4.64. The van der Waals surface area contributed by atoms with E-state index in [4.69, 9.17) is 4.74 Å². The van der Waals surface area contributed by atoms with Gasteiger partial charge in [-0.2, -0.15) is 11.3 Å². The Morgan fingerprint density at radius 3 is 2.80 bits per heavy atom. The maximum atomic E-state index is 12.8. The molecular weight excluding hydrogens is 336 g/mol. The van der Waals surface area contributed by atoms with Gasteiger partial charge in [-0.1, -0.05) is 0 Å². The van der Waals surface area contributed by atoms with Gasteiger partial charge in [0, 0.05) is 38.3 Å². The molecule has 2 amide bonds. The number of likely N-dealkylation sites (tertiary alicyclic amines) is 1. The third-order valence-corrected chi connectivity index (χ3v) is 6.74. The van der Waals surface area contributed by atoms with Crippen LogP contribution in [-0.4, -0.2) is 49.6 Å². The van der Waals surface area contributed by atoms with E-state index in [1.54, 1.807) is 11.3 Å². The number of hydrogen-bond donors (Lipinski definition) is 1. The summed E-state index contributed by atoms with van der Waals surface area (Å²) in [4.78, 5) is 27.5. The van der Waals surface area contributed by atoms with Gasteiger partial charge in [0.1, 0.15) is 0 Å². The predicted molar refractivity (Wildman–Crippen MR) is 96.3 cm³/mol. The Balaban J connectivity index is 1.45. The highest BCUT2D eigenvalue weighted by molar-refractivity contribution is 7.08. The molecule has 3 aliphatic rings. The Hall–Kier alpha value is -1.40. The summed E-state index contributed by atoms with van der Waals surface area (Å²) in [5, 5.41) is 7.17. The van der Waals surface area contributed by atoms with E-state index in [1.165, 1.54) is 12.8 Å². The third kappa shape index (κ3) is 3.75. The highest BCUT2D eigenvalue weighted by atomic mass is 32.1. The second kappa shape index (κ2) is 7.08. The standard InChI is InChI=1S/C19H26N2O3S/c22-17(9-15-3-8-25-12-15)21-11-16(18(23)20-10-14-1-2-14)19(13-21)4-6-24-7-5-19/h3,8,12,14,16H,1-2,4-7,9-11,13H2,(H,20,23). The summed E-state index contributed by atoms with van der Waals surface area (Å²) >= 11 is 1.61. The lowest BCUT2D eigenvalue weighted by Crippen LogP contribution is -2.44. The first-order valence-electron chi connectivity index (χ1n) is 9.31. The van der Waals surface area contributed by atoms with E-state index in [2.05, 4.69) is 5.32 Å². The summed E-state index contributed by atoms with van der Waals surface area (Å²) in [6.45, 7) is 3.43. The van der Waals surface area contributed by atoms with Gasteiger partial charge in [0.15, 0.2) is 0 Å². The zero-order valence-corrected chi connectivity index (χ0v) is 15.4. The zero-order chi connectivity index (χ0) is 17.3. The average molecular weight is 362 g/mol. The Bertz CT molecular complexity index is 621. The third-order valence-electron chi connectivity index (χ3n) is 6.00. The van der Waals surface area contributed by atoms with Crippen molar-refractivity contribution < 1.29 is 14.3 Å². The van der Waals surface area contributed by atoms with E-state index < -0.39 is 0 Å². The lowest BCUT2D eigenvalue weighted by Gasteiger charge is -2.37. The molecule has 4 rings (SSSR count). The fourth-order valence-corrected chi connectivity index (χ4v) is 4.84. The Morgan fingerprint density at radius 1 is 1.32 bits per heavy atom. The molecule has 1 aromatic heterocycles. The molecule has 1 aliphatic carbocycles. The molecule has 2 aliphatic heterocycles. The molecule has 3 heterocycles. The average Bonchev–Trinajstić information content (AvgIpc) is 3.18. The molecule has 1 spiro atoms. The van der Waals surface area contributed by atoms with E-state index in [9.17, 15) is 9.59 Å². The summed E-state index contributed by atoms with van der Waals surface area (Å²) in [5.41, 5.74) is 0.966. The van der Waals surface area contributed by atoms with Gasteiger partial charge in [0.2, 0.25) is 11.8 Å².